The number of rotatable bonds is 0. The predicted molar refractivity (Wildman–Crippen MR) is 61.9 cm³/mol. The van der Waals surface area contributed by atoms with Gasteiger partial charge in [-0.2, -0.15) is 0 Å². The lowest BCUT2D eigenvalue weighted by atomic mass is 10.1. The van der Waals surface area contributed by atoms with E-state index in [9.17, 15) is 4.79 Å². The molecule has 0 saturated carbocycles. The molecule has 0 fully saturated rings. The van der Waals surface area contributed by atoms with Crippen LogP contribution >= 0.6 is 11.6 Å². The van der Waals surface area contributed by atoms with Gasteiger partial charge < -0.3 is 11.1 Å². The summed E-state index contributed by atoms with van der Waals surface area (Å²) >= 11 is 5.87. The van der Waals surface area contributed by atoms with Crippen LogP contribution in [0.3, 0.4) is 0 Å². The van der Waals surface area contributed by atoms with E-state index in [-0.39, 0.29) is 18.0 Å². The van der Waals surface area contributed by atoms with Crippen LogP contribution in [-0.4, -0.2) is 18.0 Å². The van der Waals surface area contributed by atoms with Crippen LogP contribution in [0.1, 0.15) is 11.1 Å². The van der Waals surface area contributed by atoms with E-state index < -0.39 is 0 Å². The van der Waals surface area contributed by atoms with Gasteiger partial charge in [-0.15, -0.1) is 0 Å². The Morgan fingerprint density at radius 3 is 2.62 bits per heavy atom. The van der Waals surface area contributed by atoms with Gasteiger partial charge in [0.25, 0.3) is 5.91 Å². The Morgan fingerprint density at radius 1 is 1.50 bits per heavy atom. The Hall–Kier alpha value is -1.88. The maximum atomic E-state index is 11.1. The van der Waals surface area contributed by atoms with Gasteiger partial charge in [0.2, 0.25) is 6.41 Å². The molecule has 84 valence electrons. The Balaban J connectivity index is 0.000000386. The van der Waals surface area contributed by atoms with Crippen LogP contribution in [0, 0.1) is 12.3 Å². The van der Waals surface area contributed by atoms with Crippen molar-refractivity contribution in [3.8, 4) is 0 Å². The van der Waals surface area contributed by atoms with Crippen molar-refractivity contribution < 1.29 is 9.59 Å². The zero-order chi connectivity index (χ0) is 12.3. The molecule has 2 rings (SSSR count). The number of halogens is 1. The van der Waals surface area contributed by atoms with Crippen LogP contribution in [0.15, 0.2) is 12.1 Å². The van der Waals surface area contributed by atoms with E-state index in [0.717, 1.165) is 5.56 Å². The number of hydrogen-bond donors (Lipinski definition) is 3. The average molecular weight is 240 g/mol. The number of carbonyl (C=O) groups is 2. The third-order valence-electron chi connectivity index (χ3n) is 2.04. The first-order valence-electron chi connectivity index (χ1n) is 4.37. The maximum absolute atomic E-state index is 11.1. The Bertz CT molecular complexity index is 471. The number of anilines is 1. The lowest BCUT2D eigenvalue weighted by Gasteiger charge is -2.01. The number of amides is 2. The predicted octanol–water partition coefficient (Wildman–Crippen LogP) is 1.07. The zero-order valence-corrected chi connectivity index (χ0v) is 9.26. The fourth-order valence-electron chi connectivity index (χ4n) is 1.30. The van der Waals surface area contributed by atoms with Crippen molar-refractivity contribution in [2.75, 3.05) is 5.32 Å². The fourth-order valence-corrected chi connectivity index (χ4v) is 1.46. The van der Waals surface area contributed by atoms with E-state index in [0.29, 0.717) is 16.3 Å². The van der Waals surface area contributed by atoms with Gasteiger partial charge in [-0.1, -0.05) is 11.6 Å². The molecule has 2 amide bonds. The van der Waals surface area contributed by atoms with Gasteiger partial charge in [0, 0.05) is 10.6 Å². The molecular formula is C10H10ClN3O2. The molecule has 4 N–H and O–H groups in total. The molecule has 0 spiro atoms. The molecule has 0 radical (unpaired) electrons. The van der Waals surface area contributed by atoms with Crippen LogP contribution in [0.2, 0.25) is 5.02 Å². The molecule has 6 heteroatoms. The second-order valence-corrected chi connectivity index (χ2v) is 3.52. The minimum Gasteiger partial charge on any atom is -0.372 e. The summed E-state index contributed by atoms with van der Waals surface area (Å²) in [6.07, 6.45) is 0.250. The highest BCUT2D eigenvalue weighted by molar-refractivity contribution is 6.53. The van der Waals surface area contributed by atoms with Crippen molar-refractivity contribution in [1.82, 2.24) is 0 Å². The highest BCUT2D eigenvalue weighted by Gasteiger charge is 2.24. The standard InChI is InChI=1S/C9H7ClN2O.CH3NO/c1-4-2-5-7(3-6(4)10)12-9(13)8(5)11;2-1-3/h2-3H,1H3,(H2,11,12,13);1H,(H2,2,3). The molecular weight excluding hydrogens is 230 g/mol. The largest absolute Gasteiger partial charge is 0.372 e. The lowest BCUT2D eigenvalue weighted by molar-refractivity contribution is -0.110. The number of hydrogen-bond acceptors (Lipinski definition) is 3. The second kappa shape index (κ2) is 4.76. The zero-order valence-electron chi connectivity index (χ0n) is 8.50. The van der Waals surface area contributed by atoms with E-state index in [1.807, 2.05) is 6.92 Å². The molecule has 1 aromatic rings. The van der Waals surface area contributed by atoms with E-state index >= 15 is 0 Å². The molecule has 0 atom stereocenters. The van der Waals surface area contributed by atoms with Crippen LogP contribution < -0.4 is 11.1 Å². The van der Waals surface area contributed by atoms with E-state index in [1.165, 1.54) is 0 Å². The van der Waals surface area contributed by atoms with Crippen molar-refractivity contribution in [2.24, 2.45) is 5.73 Å². The van der Waals surface area contributed by atoms with E-state index in [1.54, 1.807) is 12.1 Å². The first kappa shape index (κ1) is 12.2. The summed E-state index contributed by atoms with van der Waals surface area (Å²) in [4.78, 5) is 19.7. The molecule has 0 bridgehead atoms. The molecule has 1 aliphatic heterocycles. The highest BCUT2D eigenvalue weighted by atomic mass is 35.5. The smallest absolute Gasteiger partial charge is 0.274 e. The minimum atomic E-state index is -0.364. The summed E-state index contributed by atoms with van der Waals surface area (Å²) in [5.41, 5.74) is 6.31. The van der Waals surface area contributed by atoms with Gasteiger partial charge in [-0.3, -0.25) is 15.0 Å². The third-order valence-corrected chi connectivity index (χ3v) is 2.45. The minimum absolute atomic E-state index is 0.00904. The number of fused-ring (bicyclic) bond motifs is 1. The highest BCUT2D eigenvalue weighted by Crippen LogP contribution is 2.28. The molecule has 0 saturated heterocycles. The average Bonchev–Trinajstić information content (AvgIpc) is 2.47. The summed E-state index contributed by atoms with van der Waals surface area (Å²) in [5, 5.41) is 10.6. The first-order valence-corrected chi connectivity index (χ1v) is 4.74. The third kappa shape index (κ3) is 2.20. The second-order valence-electron chi connectivity index (χ2n) is 3.11. The number of benzene rings is 1. The first-order chi connectivity index (χ1) is 7.51. The van der Waals surface area contributed by atoms with Gasteiger partial charge >= 0.3 is 0 Å². The van der Waals surface area contributed by atoms with Gasteiger partial charge in [0.1, 0.15) is 5.71 Å². The van der Waals surface area contributed by atoms with Crippen molar-refractivity contribution in [3.63, 3.8) is 0 Å². The van der Waals surface area contributed by atoms with Crippen LogP contribution in [-0.2, 0) is 9.59 Å². The number of carbonyl (C=O) groups excluding carboxylic acids is 2. The number of nitrogens with one attached hydrogen (secondary N) is 2. The topological polar surface area (TPSA) is 96.0 Å². The summed E-state index contributed by atoms with van der Waals surface area (Å²) in [5.74, 6) is -0.364. The summed E-state index contributed by atoms with van der Waals surface area (Å²) < 4.78 is 0. The molecule has 0 unspecified atom stereocenters. The molecule has 5 nitrogen and oxygen atoms in total. The van der Waals surface area contributed by atoms with Crippen molar-refractivity contribution in [3.05, 3.63) is 28.3 Å². The summed E-state index contributed by atoms with van der Waals surface area (Å²) in [6.45, 7) is 1.85. The maximum Gasteiger partial charge on any atom is 0.274 e. The van der Waals surface area contributed by atoms with Crippen molar-refractivity contribution in [1.29, 1.82) is 5.41 Å². The SMILES string of the molecule is Cc1cc2c(cc1Cl)NC(=O)C2=N.NC=O. The lowest BCUT2D eigenvalue weighted by Crippen LogP contribution is -2.12. The number of nitrogens with two attached hydrogens (primary N) is 1. The molecule has 0 aromatic heterocycles. The monoisotopic (exact) mass is 239 g/mol. The van der Waals surface area contributed by atoms with Gasteiger partial charge in [-0.25, -0.2) is 0 Å². The van der Waals surface area contributed by atoms with Crippen LogP contribution in [0.25, 0.3) is 0 Å². The van der Waals surface area contributed by atoms with Gasteiger partial charge in [0.05, 0.1) is 5.69 Å². The quantitative estimate of drug-likeness (QED) is 0.591. The van der Waals surface area contributed by atoms with E-state index in [4.69, 9.17) is 21.8 Å². The Morgan fingerprint density at radius 2 is 2.06 bits per heavy atom. The Kier molecular flexibility index (Phi) is 3.63. The van der Waals surface area contributed by atoms with E-state index in [2.05, 4.69) is 11.1 Å². The Labute approximate surface area is 97.1 Å². The number of aryl methyl sites for hydroxylation is 1. The molecule has 1 heterocycles. The normalized spacial score (nSPS) is 12.4. The van der Waals surface area contributed by atoms with Crippen LogP contribution in [0.5, 0.6) is 0 Å². The number of primary amides is 1. The molecule has 1 aromatic carbocycles. The molecule has 1 aliphatic rings. The summed E-state index contributed by atoms with van der Waals surface area (Å²) in [7, 11) is 0. The van der Waals surface area contributed by atoms with Crippen molar-refractivity contribution in [2.45, 2.75) is 6.92 Å². The van der Waals surface area contributed by atoms with Crippen LogP contribution in [0.4, 0.5) is 5.69 Å². The van der Waals surface area contributed by atoms with Crippen molar-refractivity contribution >= 4 is 35.3 Å². The van der Waals surface area contributed by atoms with Gasteiger partial charge in [-0.05, 0) is 24.6 Å². The van der Waals surface area contributed by atoms with Gasteiger partial charge in [0.15, 0.2) is 0 Å². The summed E-state index contributed by atoms with van der Waals surface area (Å²) in [6, 6.07) is 3.42. The molecule has 0 aliphatic carbocycles. The fraction of sp³-hybridized carbons (Fsp3) is 0.100. The molecule has 16 heavy (non-hydrogen) atoms.